The van der Waals surface area contributed by atoms with Crippen molar-refractivity contribution >= 4 is 11.8 Å². The normalized spacial score (nSPS) is 14.1. The van der Waals surface area contributed by atoms with Crippen LogP contribution in [-0.2, 0) is 19.5 Å². The van der Waals surface area contributed by atoms with Gasteiger partial charge in [-0.1, -0.05) is 24.3 Å². The lowest BCUT2D eigenvalue weighted by atomic mass is 10.1. The van der Waals surface area contributed by atoms with Crippen molar-refractivity contribution in [2.45, 2.75) is 26.4 Å². The van der Waals surface area contributed by atoms with E-state index < -0.39 is 0 Å². The van der Waals surface area contributed by atoms with Crippen LogP contribution in [0, 0.1) is 6.92 Å². The van der Waals surface area contributed by atoms with Crippen molar-refractivity contribution in [3.05, 3.63) is 86.8 Å². The third kappa shape index (κ3) is 4.39. The van der Waals surface area contributed by atoms with Crippen LogP contribution in [0.2, 0.25) is 0 Å². The van der Waals surface area contributed by atoms with Crippen LogP contribution in [0.3, 0.4) is 0 Å². The van der Waals surface area contributed by atoms with Crippen LogP contribution in [0.15, 0.2) is 53.3 Å². The Morgan fingerprint density at radius 2 is 1.83 bits per heavy atom. The van der Waals surface area contributed by atoms with Gasteiger partial charge in [-0.25, -0.2) is 0 Å². The number of fused-ring (bicyclic) bond motifs is 2. The minimum absolute atomic E-state index is 0.0882. The molecule has 186 valence electrons. The molecule has 3 aromatic rings. The molecule has 0 spiro atoms. The van der Waals surface area contributed by atoms with E-state index in [4.69, 9.17) is 14.2 Å². The molecule has 0 atom stereocenters. The molecule has 0 aliphatic carbocycles. The number of hydrogen-bond acceptors (Lipinski definition) is 6. The van der Waals surface area contributed by atoms with Gasteiger partial charge in [-0.15, -0.1) is 0 Å². The first kappa shape index (κ1) is 23.5. The Morgan fingerprint density at radius 3 is 2.64 bits per heavy atom. The summed E-state index contributed by atoms with van der Waals surface area (Å²) in [5.41, 5.74) is 2.98. The molecule has 0 radical (unpaired) electrons. The zero-order valence-electron chi connectivity index (χ0n) is 20.2. The lowest BCUT2D eigenvalue weighted by Crippen LogP contribution is -2.34. The average molecular weight is 490 g/mol. The second-order valence-corrected chi connectivity index (χ2v) is 8.75. The van der Waals surface area contributed by atoms with E-state index in [1.807, 2.05) is 37.3 Å². The highest BCUT2D eigenvalue weighted by molar-refractivity contribution is 5.98. The molecule has 0 unspecified atom stereocenters. The number of aryl methyl sites for hydroxylation is 1. The quantitative estimate of drug-likeness (QED) is 0.592. The van der Waals surface area contributed by atoms with Gasteiger partial charge in [-0.2, -0.15) is 0 Å². The number of nitrogens with zero attached hydrogens (tertiary/aromatic N) is 2. The van der Waals surface area contributed by atoms with Crippen LogP contribution < -0.4 is 25.1 Å². The third-order valence-corrected chi connectivity index (χ3v) is 6.59. The number of rotatable bonds is 5. The molecule has 5 rings (SSSR count). The fourth-order valence-electron chi connectivity index (χ4n) is 4.66. The van der Waals surface area contributed by atoms with Gasteiger partial charge in [0.2, 0.25) is 6.79 Å². The molecule has 0 saturated carbocycles. The number of pyridine rings is 1. The summed E-state index contributed by atoms with van der Waals surface area (Å²) in [6.45, 7) is 3.37. The summed E-state index contributed by atoms with van der Waals surface area (Å²) in [6, 6.07) is 14.3. The first-order chi connectivity index (χ1) is 17.5. The second-order valence-electron chi connectivity index (χ2n) is 8.75. The van der Waals surface area contributed by atoms with E-state index in [1.165, 1.54) is 13.2 Å². The Labute approximate surface area is 208 Å². The van der Waals surface area contributed by atoms with Gasteiger partial charge in [0.05, 0.1) is 7.11 Å². The van der Waals surface area contributed by atoms with Crippen LogP contribution >= 0.6 is 0 Å². The Morgan fingerprint density at radius 1 is 1.03 bits per heavy atom. The van der Waals surface area contributed by atoms with Gasteiger partial charge >= 0.3 is 0 Å². The first-order valence-corrected chi connectivity index (χ1v) is 11.8. The summed E-state index contributed by atoms with van der Waals surface area (Å²) in [5, 5.41) is 2.93. The molecule has 2 aromatic carbocycles. The van der Waals surface area contributed by atoms with E-state index in [9.17, 15) is 14.4 Å². The summed E-state index contributed by atoms with van der Waals surface area (Å²) in [4.78, 5) is 41.2. The Hall–Kier alpha value is -4.27. The first-order valence-electron chi connectivity index (χ1n) is 11.8. The zero-order valence-corrected chi connectivity index (χ0v) is 20.2. The van der Waals surface area contributed by atoms with Gasteiger partial charge in [0.15, 0.2) is 11.5 Å². The monoisotopic (exact) mass is 489 g/mol. The molecule has 36 heavy (non-hydrogen) atoms. The van der Waals surface area contributed by atoms with Gasteiger partial charge < -0.3 is 29.0 Å². The molecular formula is C27H27N3O6. The number of hydrogen-bond donors (Lipinski definition) is 1. The summed E-state index contributed by atoms with van der Waals surface area (Å²) >= 11 is 0. The number of methoxy groups -OCH3 is 1. The number of carbonyl (C=O) groups is 2. The molecule has 2 aliphatic heterocycles. The molecule has 0 bridgehead atoms. The molecule has 1 N–H and O–H groups in total. The van der Waals surface area contributed by atoms with Crippen molar-refractivity contribution in [2.24, 2.45) is 0 Å². The maximum absolute atomic E-state index is 13.4. The predicted octanol–water partition coefficient (Wildman–Crippen LogP) is 2.52. The summed E-state index contributed by atoms with van der Waals surface area (Å²) in [7, 11) is 1.44. The largest absolute Gasteiger partial charge is 0.496 e. The molecule has 2 amide bonds. The van der Waals surface area contributed by atoms with E-state index in [-0.39, 0.29) is 43.0 Å². The Bertz CT molecular complexity index is 1400. The maximum atomic E-state index is 13.4. The van der Waals surface area contributed by atoms with Crippen LogP contribution in [-0.4, -0.2) is 48.3 Å². The topological polar surface area (TPSA) is 99.1 Å². The molecule has 3 heterocycles. The molecule has 1 aromatic heterocycles. The van der Waals surface area contributed by atoms with Crippen molar-refractivity contribution in [1.29, 1.82) is 0 Å². The van der Waals surface area contributed by atoms with Crippen molar-refractivity contribution in [3.8, 4) is 17.2 Å². The number of amides is 2. The summed E-state index contributed by atoms with van der Waals surface area (Å²) in [5.74, 6) is 1.08. The Kier molecular flexibility index (Phi) is 6.37. The molecule has 9 heteroatoms. The van der Waals surface area contributed by atoms with Crippen LogP contribution in [0.5, 0.6) is 17.2 Å². The minimum atomic E-state index is -0.355. The number of ether oxygens (including phenoxy) is 3. The smallest absolute Gasteiger partial charge is 0.257 e. The number of aromatic nitrogens is 1. The van der Waals surface area contributed by atoms with Gasteiger partial charge in [0.1, 0.15) is 11.3 Å². The van der Waals surface area contributed by atoms with Crippen molar-refractivity contribution in [3.63, 3.8) is 0 Å². The van der Waals surface area contributed by atoms with E-state index in [1.54, 1.807) is 21.6 Å². The molecule has 0 saturated heterocycles. The number of carbonyl (C=O) groups excluding carboxylic acids is 2. The molecule has 2 aliphatic rings. The van der Waals surface area contributed by atoms with Crippen LogP contribution in [0.4, 0.5) is 0 Å². The highest BCUT2D eigenvalue weighted by Gasteiger charge is 2.27. The van der Waals surface area contributed by atoms with Crippen molar-refractivity contribution in [2.75, 3.05) is 27.0 Å². The third-order valence-electron chi connectivity index (χ3n) is 6.59. The van der Waals surface area contributed by atoms with Gasteiger partial charge in [0.25, 0.3) is 17.4 Å². The molecular weight excluding hydrogens is 462 g/mol. The van der Waals surface area contributed by atoms with E-state index >= 15 is 0 Å². The minimum Gasteiger partial charge on any atom is -0.496 e. The fraction of sp³-hybridized carbons (Fsp3) is 0.296. The summed E-state index contributed by atoms with van der Waals surface area (Å²) in [6.07, 6.45) is 0.344. The summed E-state index contributed by atoms with van der Waals surface area (Å²) < 4.78 is 17.8. The molecule has 9 nitrogen and oxygen atoms in total. The highest BCUT2D eigenvalue weighted by Crippen LogP contribution is 2.32. The van der Waals surface area contributed by atoms with Crippen LogP contribution in [0.25, 0.3) is 0 Å². The predicted molar refractivity (Wildman–Crippen MR) is 132 cm³/mol. The lowest BCUT2D eigenvalue weighted by molar-refractivity contribution is 0.0758. The maximum Gasteiger partial charge on any atom is 0.257 e. The van der Waals surface area contributed by atoms with Gasteiger partial charge in [-0.3, -0.25) is 14.4 Å². The van der Waals surface area contributed by atoms with E-state index in [2.05, 4.69) is 5.32 Å². The van der Waals surface area contributed by atoms with Gasteiger partial charge in [-0.05, 0) is 36.2 Å². The lowest BCUT2D eigenvalue weighted by Gasteiger charge is -2.21. The number of benzene rings is 2. The van der Waals surface area contributed by atoms with Crippen molar-refractivity contribution in [1.82, 2.24) is 14.8 Å². The highest BCUT2D eigenvalue weighted by atomic mass is 16.7. The molecule has 0 fully saturated rings. The average Bonchev–Trinajstić information content (AvgIpc) is 3.24. The SMILES string of the molecule is COc1cc(=O)n2c(c1C(=O)NCc1ccc3c(c1)OCO3)CCN(C(=O)c1ccccc1C)CC2. The second kappa shape index (κ2) is 9.77. The van der Waals surface area contributed by atoms with E-state index in [0.29, 0.717) is 47.8 Å². The van der Waals surface area contributed by atoms with Crippen LogP contribution in [0.1, 0.15) is 37.5 Å². The van der Waals surface area contributed by atoms with E-state index in [0.717, 1.165) is 11.1 Å². The van der Waals surface area contributed by atoms with Gasteiger partial charge in [0, 0.05) is 49.9 Å². The standard InChI is InChI=1S/C27H27N3O6/c1-17-5-3-4-6-19(17)27(33)29-10-9-20-25(23(34-2)14-24(31)30(20)12-11-29)26(32)28-15-18-7-8-21-22(13-18)36-16-35-21/h3-8,13-14H,9-12,15-16H2,1-2H3,(H,28,32). The zero-order chi connectivity index (χ0) is 25.2. The van der Waals surface area contributed by atoms with Crippen molar-refractivity contribution < 1.29 is 23.8 Å². The number of nitrogens with one attached hydrogen (secondary N) is 1. The Balaban J connectivity index is 1.39. The fourth-order valence-corrected chi connectivity index (χ4v) is 4.66.